The summed E-state index contributed by atoms with van der Waals surface area (Å²) in [4.78, 5) is 12.6. The van der Waals surface area contributed by atoms with Crippen molar-refractivity contribution in [2.24, 2.45) is 5.92 Å². The highest BCUT2D eigenvalue weighted by molar-refractivity contribution is 5.99. The minimum atomic E-state index is -0.111. The van der Waals surface area contributed by atoms with Crippen LogP contribution in [0.15, 0.2) is 71.4 Å². The Bertz CT molecular complexity index is 866. The molecule has 0 radical (unpaired) electrons. The summed E-state index contributed by atoms with van der Waals surface area (Å²) < 4.78 is 5.07. The van der Waals surface area contributed by atoms with Crippen molar-refractivity contribution < 1.29 is 9.32 Å². The summed E-state index contributed by atoms with van der Waals surface area (Å²) in [5, 5.41) is 7.09. The Hall–Kier alpha value is -2.88. The normalized spacial score (nSPS) is 19.6. The smallest absolute Gasteiger partial charge is 0.256 e. The van der Waals surface area contributed by atoms with Gasteiger partial charge in [-0.25, -0.2) is 0 Å². The van der Waals surface area contributed by atoms with Crippen molar-refractivity contribution in [1.82, 2.24) is 10.5 Å². The van der Waals surface area contributed by atoms with Crippen LogP contribution in [0.5, 0.6) is 0 Å². The van der Waals surface area contributed by atoms with E-state index in [1.54, 1.807) is 0 Å². The molecule has 0 atom stereocenters. The summed E-state index contributed by atoms with van der Waals surface area (Å²) in [6.45, 7) is 0.708. The van der Waals surface area contributed by atoms with Crippen LogP contribution in [0.2, 0.25) is 0 Å². The Kier molecular flexibility index (Phi) is 5.33. The number of amides is 1. The van der Waals surface area contributed by atoms with E-state index in [0.717, 1.165) is 18.4 Å². The predicted molar refractivity (Wildman–Crippen MR) is 105 cm³/mol. The molecule has 2 aromatic carbocycles. The Labute approximate surface area is 159 Å². The van der Waals surface area contributed by atoms with Gasteiger partial charge in [-0.2, -0.15) is 0 Å². The standard InChI is InChI=1S/C23H24N2O2/c26-23(21-16-27-25-22(21)20-9-5-2-6-10-20)24-15-17-11-13-19(14-12-17)18-7-3-1-4-8-18/h1-10,16-17,19H,11-15H2,(H,24,26). The SMILES string of the molecule is O=C(NCC1CCC(c2ccccc2)CC1)c1conc1-c1ccccc1. The molecule has 1 aromatic heterocycles. The summed E-state index contributed by atoms with van der Waals surface area (Å²) >= 11 is 0. The first-order chi connectivity index (χ1) is 13.3. The minimum absolute atomic E-state index is 0.111. The third-order valence-electron chi connectivity index (χ3n) is 5.53. The second kappa shape index (κ2) is 8.21. The number of nitrogens with one attached hydrogen (secondary N) is 1. The van der Waals surface area contributed by atoms with Gasteiger partial charge >= 0.3 is 0 Å². The maximum Gasteiger partial charge on any atom is 0.256 e. The van der Waals surface area contributed by atoms with Crippen LogP contribution in [0.3, 0.4) is 0 Å². The lowest BCUT2D eigenvalue weighted by molar-refractivity contribution is 0.0943. The summed E-state index contributed by atoms with van der Waals surface area (Å²) in [7, 11) is 0. The van der Waals surface area contributed by atoms with E-state index in [2.05, 4.69) is 40.8 Å². The first-order valence-corrected chi connectivity index (χ1v) is 9.64. The van der Waals surface area contributed by atoms with E-state index in [1.165, 1.54) is 24.7 Å². The quantitative estimate of drug-likeness (QED) is 0.693. The van der Waals surface area contributed by atoms with E-state index >= 15 is 0 Å². The lowest BCUT2D eigenvalue weighted by Crippen LogP contribution is -2.31. The van der Waals surface area contributed by atoms with Gasteiger partial charge in [0.05, 0.1) is 0 Å². The van der Waals surface area contributed by atoms with E-state index < -0.39 is 0 Å². The topological polar surface area (TPSA) is 55.1 Å². The zero-order chi connectivity index (χ0) is 18.5. The van der Waals surface area contributed by atoms with E-state index in [9.17, 15) is 4.79 Å². The number of carbonyl (C=O) groups excluding carboxylic acids is 1. The average Bonchev–Trinajstić information content (AvgIpc) is 3.24. The van der Waals surface area contributed by atoms with Crippen molar-refractivity contribution in [3.05, 3.63) is 78.1 Å². The highest BCUT2D eigenvalue weighted by Crippen LogP contribution is 2.35. The van der Waals surface area contributed by atoms with Crippen molar-refractivity contribution in [1.29, 1.82) is 0 Å². The van der Waals surface area contributed by atoms with Crippen molar-refractivity contribution in [2.75, 3.05) is 6.54 Å². The number of hydrogen-bond donors (Lipinski definition) is 1. The number of rotatable bonds is 5. The van der Waals surface area contributed by atoms with E-state index in [4.69, 9.17) is 4.52 Å². The Morgan fingerprint density at radius 2 is 1.63 bits per heavy atom. The molecule has 0 saturated heterocycles. The number of hydrogen-bond acceptors (Lipinski definition) is 3. The molecule has 0 unspecified atom stereocenters. The summed E-state index contributed by atoms with van der Waals surface area (Å²) in [6.07, 6.45) is 6.11. The molecule has 1 heterocycles. The van der Waals surface area contributed by atoms with Gasteiger partial charge < -0.3 is 9.84 Å². The van der Waals surface area contributed by atoms with Crippen molar-refractivity contribution >= 4 is 5.91 Å². The van der Waals surface area contributed by atoms with Gasteiger partial charge in [-0.3, -0.25) is 4.79 Å². The van der Waals surface area contributed by atoms with Crippen molar-refractivity contribution in [3.63, 3.8) is 0 Å². The van der Waals surface area contributed by atoms with Crippen LogP contribution in [-0.2, 0) is 0 Å². The molecule has 4 nitrogen and oxygen atoms in total. The lowest BCUT2D eigenvalue weighted by atomic mass is 9.78. The molecule has 27 heavy (non-hydrogen) atoms. The number of aromatic nitrogens is 1. The molecule has 1 aliphatic rings. The van der Waals surface area contributed by atoms with Gasteiger partial charge in [0.1, 0.15) is 17.5 Å². The van der Waals surface area contributed by atoms with Gasteiger partial charge in [-0.15, -0.1) is 0 Å². The fraction of sp³-hybridized carbons (Fsp3) is 0.304. The molecule has 0 bridgehead atoms. The maximum absolute atomic E-state index is 12.6. The highest BCUT2D eigenvalue weighted by Gasteiger charge is 2.24. The van der Waals surface area contributed by atoms with Crippen LogP contribution in [0.4, 0.5) is 0 Å². The summed E-state index contributed by atoms with van der Waals surface area (Å²) in [5.41, 5.74) is 3.43. The van der Waals surface area contributed by atoms with Gasteiger partial charge in [0.2, 0.25) is 0 Å². The first kappa shape index (κ1) is 17.5. The Morgan fingerprint density at radius 1 is 0.963 bits per heavy atom. The minimum Gasteiger partial charge on any atom is -0.363 e. The van der Waals surface area contributed by atoms with Gasteiger partial charge in [0, 0.05) is 12.1 Å². The van der Waals surface area contributed by atoms with Crippen LogP contribution in [0.25, 0.3) is 11.3 Å². The molecular weight excluding hydrogens is 336 g/mol. The molecule has 1 saturated carbocycles. The third-order valence-corrected chi connectivity index (χ3v) is 5.53. The molecule has 138 valence electrons. The van der Waals surface area contributed by atoms with E-state index in [0.29, 0.717) is 29.6 Å². The van der Waals surface area contributed by atoms with E-state index in [-0.39, 0.29) is 5.91 Å². The molecule has 1 amide bonds. The second-order valence-electron chi connectivity index (χ2n) is 7.28. The van der Waals surface area contributed by atoms with Crippen LogP contribution in [0, 0.1) is 5.92 Å². The second-order valence-corrected chi connectivity index (χ2v) is 7.28. The molecule has 3 aromatic rings. The average molecular weight is 360 g/mol. The van der Waals surface area contributed by atoms with Crippen molar-refractivity contribution in [2.45, 2.75) is 31.6 Å². The maximum atomic E-state index is 12.6. The fourth-order valence-corrected chi connectivity index (χ4v) is 3.96. The van der Waals surface area contributed by atoms with Gasteiger partial charge in [-0.1, -0.05) is 65.8 Å². The monoisotopic (exact) mass is 360 g/mol. The molecular formula is C23H24N2O2. The van der Waals surface area contributed by atoms with Gasteiger partial charge in [-0.05, 0) is 43.1 Å². The predicted octanol–water partition coefficient (Wildman–Crippen LogP) is 5.05. The molecule has 4 rings (SSSR count). The largest absolute Gasteiger partial charge is 0.363 e. The molecule has 1 fully saturated rings. The zero-order valence-corrected chi connectivity index (χ0v) is 15.3. The number of benzene rings is 2. The molecule has 4 heteroatoms. The Morgan fingerprint density at radius 3 is 2.33 bits per heavy atom. The number of nitrogens with zero attached hydrogens (tertiary/aromatic N) is 1. The zero-order valence-electron chi connectivity index (χ0n) is 15.3. The fourth-order valence-electron chi connectivity index (χ4n) is 3.96. The van der Waals surface area contributed by atoms with Crippen LogP contribution < -0.4 is 5.32 Å². The van der Waals surface area contributed by atoms with E-state index in [1.807, 2.05) is 30.3 Å². The van der Waals surface area contributed by atoms with Crippen LogP contribution in [-0.4, -0.2) is 17.6 Å². The lowest BCUT2D eigenvalue weighted by Gasteiger charge is -2.28. The molecule has 1 aliphatic carbocycles. The summed E-state index contributed by atoms with van der Waals surface area (Å²) in [5.74, 6) is 1.08. The molecule has 1 N–H and O–H groups in total. The third kappa shape index (κ3) is 4.11. The van der Waals surface area contributed by atoms with Gasteiger partial charge in [0.25, 0.3) is 5.91 Å². The number of carbonyl (C=O) groups is 1. The Balaban J connectivity index is 1.32. The van der Waals surface area contributed by atoms with Crippen molar-refractivity contribution in [3.8, 4) is 11.3 Å². The highest BCUT2D eigenvalue weighted by atomic mass is 16.5. The van der Waals surface area contributed by atoms with Crippen LogP contribution in [0.1, 0.15) is 47.5 Å². The summed E-state index contributed by atoms with van der Waals surface area (Å²) in [6, 6.07) is 20.4. The van der Waals surface area contributed by atoms with Crippen LogP contribution >= 0.6 is 0 Å². The first-order valence-electron chi connectivity index (χ1n) is 9.64. The molecule has 0 aliphatic heterocycles. The molecule has 0 spiro atoms. The van der Waals surface area contributed by atoms with Gasteiger partial charge in [0.15, 0.2) is 0 Å².